The highest BCUT2D eigenvalue weighted by atomic mass is 16.6. The molecule has 9 nitrogen and oxygen atoms in total. The number of carbonyl (C=O) groups is 1. The normalized spacial score (nSPS) is 10.9. The summed E-state index contributed by atoms with van der Waals surface area (Å²) in [7, 11) is 0. The van der Waals surface area contributed by atoms with Gasteiger partial charge in [-0.3, -0.25) is 14.9 Å². The highest BCUT2D eigenvalue weighted by molar-refractivity contribution is 5.95. The maximum atomic E-state index is 12.4. The average molecular weight is 470 g/mol. The van der Waals surface area contributed by atoms with Crippen LogP contribution in [0.3, 0.4) is 0 Å². The van der Waals surface area contributed by atoms with Gasteiger partial charge in [0.05, 0.1) is 23.4 Å². The summed E-state index contributed by atoms with van der Waals surface area (Å²) in [4.78, 5) is 22.7. The molecular weight excluding hydrogens is 446 g/mol. The van der Waals surface area contributed by atoms with Gasteiger partial charge >= 0.3 is 0 Å². The summed E-state index contributed by atoms with van der Waals surface area (Å²) in [5.74, 6) is 0.300. The molecule has 3 aromatic carbocycles. The number of para-hydroxylation sites is 1. The van der Waals surface area contributed by atoms with Gasteiger partial charge in [-0.2, -0.15) is 10.2 Å². The van der Waals surface area contributed by atoms with Crippen molar-refractivity contribution < 1.29 is 14.5 Å². The first-order valence-corrected chi connectivity index (χ1v) is 11.0. The molecule has 1 N–H and O–H groups in total. The smallest absolute Gasteiger partial charge is 0.271 e. The van der Waals surface area contributed by atoms with Gasteiger partial charge in [-0.15, -0.1) is 0 Å². The fourth-order valence-electron chi connectivity index (χ4n) is 3.31. The van der Waals surface area contributed by atoms with Gasteiger partial charge in [0.25, 0.3) is 11.6 Å². The predicted molar refractivity (Wildman–Crippen MR) is 133 cm³/mol. The molecule has 0 spiro atoms. The van der Waals surface area contributed by atoms with Crippen molar-refractivity contribution in [2.24, 2.45) is 5.10 Å². The van der Waals surface area contributed by atoms with Gasteiger partial charge in [0.1, 0.15) is 11.4 Å². The van der Waals surface area contributed by atoms with E-state index in [4.69, 9.17) is 9.84 Å². The van der Waals surface area contributed by atoms with E-state index >= 15 is 0 Å². The minimum Gasteiger partial charge on any atom is -0.494 e. The molecule has 0 aliphatic rings. The first-order valence-electron chi connectivity index (χ1n) is 11.0. The minimum absolute atomic E-state index is 0.0888. The van der Waals surface area contributed by atoms with E-state index in [0.717, 1.165) is 23.4 Å². The molecule has 0 fully saturated rings. The molecule has 0 radical (unpaired) electrons. The van der Waals surface area contributed by atoms with Crippen LogP contribution in [0.25, 0.3) is 16.9 Å². The SMILES string of the molecule is CCCOc1ccc(-c2nn(-c3ccccc3)cc2C=NNC(=O)c2ccc([N+](=O)[O-])cc2)cc1. The summed E-state index contributed by atoms with van der Waals surface area (Å²) >= 11 is 0. The molecule has 35 heavy (non-hydrogen) atoms. The number of nitrogens with zero attached hydrogens (tertiary/aromatic N) is 4. The highest BCUT2D eigenvalue weighted by Gasteiger charge is 2.12. The Balaban J connectivity index is 1.57. The summed E-state index contributed by atoms with van der Waals surface area (Å²) in [6.45, 7) is 2.70. The molecule has 4 aromatic rings. The maximum Gasteiger partial charge on any atom is 0.271 e. The summed E-state index contributed by atoms with van der Waals surface area (Å²) in [5.41, 5.74) is 5.76. The fraction of sp³-hybridized carbons (Fsp3) is 0.115. The van der Waals surface area contributed by atoms with E-state index in [2.05, 4.69) is 17.5 Å². The molecule has 1 aromatic heterocycles. The number of aromatic nitrogens is 2. The standard InChI is InChI=1S/C26H23N5O4/c1-2-16-35-24-14-10-19(11-15-24)25-21(18-30(29-25)22-6-4-3-5-7-22)17-27-28-26(32)20-8-12-23(13-9-20)31(33)34/h3-15,17-18H,2,16H2,1H3,(H,28,32). The van der Waals surface area contributed by atoms with Crippen LogP contribution in [0.4, 0.5) is 5.69 Å². The van der Waals surface area contributed by atoms with Gasteiger partial charge in [-0.1, -0.05) is 25.1 Å². The zero-order valence-electron chi connectivity index (χ0n) is 19.0. The lowest BCUT2D eigenvalue weighted by Crippen LogP contribution is -2.17. The third-order valence-electron chi connectivity index (χ3n) is 5.07. The summed E-state index contributed by atoms with van der Waals surface area (Å²) in [5, 5.41) is 19.6. The fourth-order valence-corrected chi connectivity index (χ4v) is 3.31. The van der Waals surface area contributed by atoms with Crippen molar-refractivity contribution in [3.8, 4) is 22.7 Å². The summed E-state index contributed by atoms with van der Waals surface area (Å²) < 4.78 is 7.41. The van der Waals surface area contributed by atoms with Crippen LogP contribution in [0.15, 0.2) is 90.2 Å². The Hall–Kier alpha value is -4.79. The largest absolute Gasteiger partial charge is 0.494 e. The zero-order valence-corrected chi connectivity index (χ0v) is 19.0. The molecule has 1 amide bonds. The number of nitro groups is 1. The van der Waals surface area contributed by atoms with E-state index in [1.54, 1.807) is 4.68 Å². The Morgan fingerprint density at radius 3 is 2.46 bits per heavy atom. The number of benzene rings is 3. The van der Waals surface area contributed by atoms with Gasteiger partial charge in [-0.25, -0.2) is 10.1 Å². The Labute approximate surface area is 201 Å². The Morgan fingerprint density at radius 1 is 1.09 bits per heavy atom. The van der Waals surface area contributed by atoms with Crippen LogP contribution in [-0.2, 0) is 0 Å². The second-order valence-corrected chi connectivity index (χ2v) is 7.59. The van der Waals surface area contributed by atoms with Crippen LogP contribution in [0, 0.1) is 10.1 Å². The first-order chi connectivity index (χ1) is 17.0. The highest BCUT2D eigenvalue weighted by Crippen LogP contribution is 2.25. The minimum atomic E-state index is -0.520. The molecule has 0 aliphatic heterocycles. The molecular formula is C26H23N5O4. The van der Waals surface area contributed by atoms with Gasteiger partial charge in [0.2, 0.25) is 0 Å². The molecule has 0 saturated heterocycles. The number of carbonyl (C=O) groups excluding carboxylic acids is 1. The van der Waals surface area contributed by atoms with Crippen molar-refractivity contribution in [2.45, 2.75) is 13.3 Å². The topological polar surface area (TPSA) is 112 Å². The van der Waals surface area contributed by atoms with E-state index in [9.17, 15) is 14.9 Å². The van der Waals surface area contributed by atoms with Crippen LogP contribution in [0.2, 0.25) is 0 Å². The second-order valence-electron chi connectivity index (χ2n) is 7.59. The van der Waals surface area contributed by atoms with E-state index < -0.39 is 10.8 Å². The zero-order chi connectivity index (χ0) is 24.6. The Morgan fingerprint density at radius 2 is 1.80 bits per heavy atom. The van der Waals surface area contributed by atoms with Crippen molar-refractivity contribution in [3.63, 3.8) is 0 Å². The molecule has 0 saturated carbocycles. The molecule has 0 atom stereocenters. The van der Waals surface area contributed by atoms with Crippen molar-refractivity contribution in [2.75, 3.05) is 6.61 Å². The van der Waals surface area contributed by atoms with Gasteiger partial charge in [-0.05, 0) is 55.0 Å². The monoisotopic (exact) mass is 469 g/mol. The number of hydrogen-bond donors (Lipinski definition) is 1. The number of non-ortho nitro benzene ring substituents is 1. The van der Waals surface area contributed by atoms with Crippen LogP contribution in [0.5, 0.6) is 5.75 Å². The van der Waals surface area contributed by atoms with E-state index in [1.807, 2.05) is 60.8 Å². The van der Waals surface area contributed by atoms with Crippen molar-refractivity contribution >= 4 is 17.8 Å². The van der Waals surface area contributed by atoms with E-state index in [0.29, 0.717) is 17.9 Å². The lowest BCUT2D eigenvalue weighted by atomic mass is 10.1. The number of ether oxygens (including phenoxy) is 1. The summed E-state index contributed by atoms with van der Waals surface area (Å²) in [6, 6.07) is 22.6. The maximum absolute atomic E-state index is 12.4. The lowest BCUT2D eigenvalue weighted by Gasteiger charge is -2.05. The predicted octanol–water partition coefficient (Wildman–Crippen LogP) is 5.00. The Kier molecular flexibility index (Phi) is 7.27. The quantitative estimate of drug-likeness (QED) is 0.211. The molecule has 9 heteroatoms. The van der Waals surface area contributed by atoms with Crippen LogP contribution >= 0.6 is 0 Å². The number of hydrogen-bond acceptors (Lipinski definition) is 6. The van der Waals surface area contributed by atoms with Crippen LogP contribution in [-0.4, -0.2) is 33.4 Å². The van der Waals surface area contributed by atoms with Crippen molar-refractivity contribution in [1.82, 2.24) is 15.2 Å². The Bertz CT molecular complexity index is 1330. The van der Waals surface area contributed by atoms with Gasteiger partial charge in [0, 0.05) is 35.0 Å². The molecule has 4 rings (SSSR count). The van der Waals surface area contributed by atoms with Crippen molar-refractivity contribution in [1.29, 1.82) is 0 Å². The van der Waals surface area contributed by atoms with Crippen molar-refractivity contribution in [3.05, 3.63) is 106 Å². The molecule has 0 aliphatic carbocycles. The van der Waals surface area contributed by atoms with Crippen LogP contribution in [0.1, 0.15) is 29.3 Å². The molecule has 1 heterocycles. The van der Waals surface area contributed by atoms with Gasteiger partial charge in [0.15, 0.2) is 0 Å². The van der Waals surface area contributed by atoms with E-state index in [1.165, 1.54) is 30.5 Å². The number of amides is 1. The second kappa shape index (κ2) is 10.9. The molecule has 176 valence electrons. The number of nitrogens with one attached hydrogen (secondary N) is 1. The third kappa shape index (κ3) is 5.77. The number of rotatable bonds is 9. The van der Waals surface area contributed by atoms with Gasteiger partial charge < -0.3 is 4.74 Å². The summed E-state index contributed by atoms with van der Waals surface area (Å²) in [6.07, 6.45) is 4.27. The molecule has 0 unspecified atom stereocenters. The molecule has 0 bridgehead atoms. The average Bonchev–Trinajstić information content (AvgIpc) is 3.32. The third-order valence-corrected chi connectivity index (χ3v) is 5.07. The number of nitro benzene ring substituents is 1. The number of hydrazone groups is 1. The van der Waals surface area contributed by atoms with E-state index in [-0.39, 0.29) is 11.3 Å². The van der Waals surface area contributed by atoms with Crippen LogP contribution < -0.4 is 10.2 Å². The first kappa shape index (κ1) is 23.4. The lowest BCUT2D eigenvalue weighted by molar-refractivity contribution is -0.384.